The fraction of sp³-hybridized carbons (Fsp3) is 0.500. The van der Waals surface area contributed by atoms with Crippen LogP contribution in [0, 0.1) is 0 Å². The molecular formula is C14H17F3O2. The fourth-order valence-electron chi connectivity index (χ4n) is 1.77. The first-order chi connectivity index (χ1) is 8.88. The maximum absolute atomic E-state index is 12.4. The molecule has 2 nitrogen and oxygen atoms in total. The number of hydrogen-bond acceptors (Lipinski definition) is 2. The van der Waals surface area contributed by atoms with Crippen molar-refractivity contribution >= 4 is 5.78 Å². The number of Topliss-reactive ketones (excluding diaryl/α,β-unsaturated/α-hetero) is 1. The predicted molar refractivity (Wildman–Crippen MR) is 65.9 cm³/mol. The van der Waals surface area contributed by atoms with Crippen molar-refractivity contribution in [2.24, 2.45) is 0 Å². The molecule has 19 heavy (non-hydrogen) atoms. The molecule has 0 N–H and O–H groups in total. The van der Waals surface area contributed by atoms with E-state index in [1.165, 1.54) is 12.1 Å². The molecule has 0 aliphatic heterocycles. The molecule has 0 heterocycles. The first-order valence-electron chi connectivity index (χ1n) is 6.19. The number of carbonyl (C=O) groups is 1. The number of hydrogen-bond donors (Lipinski definition) is 0. The highest BCUT2D eigenvalue weighted by Crippen LogP contribution is 2.29. The highest BCUT2D eigenvalue weighted by Gasteiger charge is 2.30. The zero-order valence-electron chi connectivity index (χ0n) is 11.0. The van der Waals surface area contributed by atoms with Crippen LogP contribution in [0.15, 0.2) is 24.3 Å². The van der Waals surface area contributed by atoms with Crippen molar-refractivity contribution in [2.45, 2.75) is 39.0 Å². The molecule has 1 atom stereocenters. The average molecular weight is 274 g/mol. The van der Waals surface area contributed by atoms with Crippen molar-refractivity contribution in [2.75, 3.05) is 6.61 Å². The maximum atomic E-state index is 12.4. The molecule has 1 aromatic carbocycles. The summed E-state index contributed by atoms with van der Waals surface area (Å²) in [6, 6.07) is 4.65. The molecule has 1 rings (SSSR count). The minimum Gasteiger partial charge on any atom is -0.371 e. The highest BCUT2D eigenvalue weighted by atomic mass is 19.4. The van der Waals surface area contributed by atoms with E-state index in [2.05, 4.69) is 0 Å². The van der Waals surface area contributed by atoms with Gasteiger partial charge in [-0.1, -0.05) is 19.1 Å². The lowest BCUT2D eigenvalue weighted by Crippen LogP contribution is -2.25. The third-order valence-corrected chi connectivity index (χ3v) is 2.76. The Bertz CT molecular complexity index is 410. The number of rotatable bonds is 6. The summed E-state index contributed by atoms with van der Waals surface area (Å²) in [7, 11) is 0. The Morgan fingerprint density at radius 2 is 1.79 bits per heavy atom. The van der Waals surface area contributed by atoms with E-state index in [1.807, 2.05) is 6.92 Å². The van der Waals surface area contributed by atoms with Gasteiger partial charge in [0.1, 0.15) is 6.10 Å². The van der Waals surface area contributed by atoms with Gasteiger partial charge in [0.25, 0.3) is 0 Å². The standard InChI is InChI=1S/C14H17F3O2/c1-3-13(19-4-2)12(18)9-10-5-7-11(8-6-10)14(15,16)17/h5-8,13H,3-4,9H2,1-2H3. The zero-order valence-corrected chi connectivity index (χ0v) is 11.0. The van der Waals surface area contributed by atoms with E-state index >= 15 is 0 Å². The molecule has 0 amide bonds. The van der Waals surface area contributed by atoms with Gasteiger partial charge in [0.15, 0.2) is 5.78 Å². The summed E-state index contributed by atoms with van der Waals surface area (Å²) in [5.41, 5.74) is -0.142. The summed E-state index contributed by atoms with van der Waals surface area (Å²) < 4.78 is 42.4. The number of alkyl halides is 3. The second-order valence-electron chi connectivity index (χ2n) is 4.19. The van der Waals surface area contributed by atoms with Crippen molar-refractivity contribution in [3.8, 4) is 0 Å². The van der Waals surface area contributed by atoms with Gasteiger partial charge in [-0.2, -0.15) is 13.2 Å². The van der Waals surface area contributed by atoms with E-state index in [-0.39, 0.29) is 12.2 Å². The first kappa shape index (κ1) is 15.7. The van der Waals surface area contributed by atoms with Gasteiger partial charge in [-0.3, -0.25) is 4.79 Å². The first-order valence-corrected chi connectivity index (χ1v) is 6.19. The van der Waals surface area contributed by atoms with Crippen LogP contribution in [-0.2, 0) is 22.1 Å². The number of halogens is 3. The monoisotopic (exact) mass is 274 g/mol. The molecule has 0 aliphatic rings. The van der Waals surface area contributed by atoms with E-state index < -0.39 is 17.8 Å². The topological polar surface area (TPSA) is 26.3 Å². The zero-order chi connectivity index (χ0) is 14.5. The lowest BCUT2D eigenvalue weighted by molar-refractivity contribution is -0.137. The van der Waals surface area contributed by atoms with E-state index in [4.69, 9.17) is 4.74 Å². The molecule has 0 aliphatic carbocycles. The van der Waals surface area contributed by atoms with Gasteiger partial charge in [0.05, 0.1) is 5.56 Å². The Morgan fingerprint density at radius 3 is 2.21 bits per heavy atom. The van der Waals surface area contributed by atoms with Crippen LogP contribution < -0.4 is 0 Å². The quantitative estimate of drug-likeness (QED) is 0.791. The van der Waals surface area contributed by atoms with Crippen LogP contribution in [0.5, 0.6) is 0 Å². The number of benzene rings is 1. The van der Waals surface area contributed by atoms with Crippen molar-refractivity contribution in [1.82, 2.24) is 0 Å². The molecule has 0 bridgehead atoms. The minimum absolute atomic E-state index is 0.0939. The molecule has 106 valence electrons. The van der Waals surface area contributed by atoms with Crippen LogP contribution in [0.2, 0.25) is 0 Å². The van der Waals surface area contributed by atoms with Crippen LogP contribution in [0.1, 0.15) is 31.4 Å². The predicted octanol–water partition coefficient (Wildman–Crippen LogP) is 3.63. The van der Waals surface area contributed by atoms with Crippen LogP contribution in [-0.4, -0.2) is 18.5 Å². The largest absolute Gasteiger partial charge is 0.416 e. The molecule has 0 saturated heterocycles. The molecule has 0 radical (unpaired) electrons. The van der Waals surface area contributed by atoms with E-state index in [0.29, 0.717) is 18.6 Å². The summed E-state index contributed by atoms with van der Waals surface area (Å²) in [5.74, 6) is -0.107. The van der Waals surface area contributed by atoms with Gasteiger partial charge in [-0.15, -0.1) is 0 Å². The lowest BCUT2D eigenvalue weighted by atomic mass is 10.0. The summed E-state index contributed by atoms with van der Waals surface area (Å²) in [5, 5.41) is 0. The number of ether oxygens (including phenoxy) is 1. The third-order valence-electron chi connectivity index (χ3n) is 2.76. The Kier molecular flexibility index (Phi) is 5.54. The molecule has 0 spiro atoms. The SMILES string of the molecule is CCOC(CC)C(=O)Cc1ccc(C(F)(F)F)cc1. The fourth-order valence-corrected chi connectivity index (χ4v) is 1.77. The van der Waals surface area contributed by atoms with E-state index in [0.717, 1.165) is 12.1 Å². The molecule has 0 fully saturated rings. The normalized spacial score (nSPS) is 13.3. The molecule has 0 aromatic heterocycles. The van der Waals surface area contributed by atoms with Gasteiger partial charge in [0.2, 0.25) is 0 Å². The van der Waals surface area contributed by atoms with Gasteiger partial charge < -0.3 is 4.74 Å². The lowest BCUT2D eigenvalue weighted by Gasteiger charge is -2.14. The third kappa shape index (κ3) is 4.67. The summed E-state index contributed by atoms with van der Waals surface area (Å²) in [4.78, 5) is 11.9. The second-order valence-corrected chi connectivity index (χ2v) is 4.19. The minimum atomic E-state index is -4.35. The smallest absolute Gasteiger partial charge is 0.371 e. The summed E-state index contributed by atoms with van der Waals surface area (Å²) in [6.45, 7) is 4.08. The van der Waals surface area contributed by atoms with Crippen LogP contribution >= 0.6 is 0 Å². The Hall–Kier alpha value is -1.36. The van der Waals surface area contributed by atoms with Gasteiger partial charge >= 0.3 is 6.18 Å². The molecular weight excluding hydrogens is 257 g/mol. The van der Waals surface area contributed by atoms with Crippen molar-refractivity contribution in [1.29, 1.82) is 0 Å². The van der Waals surface area contributed by atoms with Crippen molar-refractivity contribution in [3.63, 3.8) is 0 Å². The molecule has 5 heteroatoms. The Labute approximate surface area is 110 Å². The van der Waals surface area contributed by atoms with Crippen LogP contribution in [0.4, 0.5) is 13.2 Å². The van der Waals surface area contributed by atoms with E-state index in [9.17, 15) is 18.0 Å². The van der Waals surface area contributed by atoms with Crippen molar-refractivity contribution in [3.05, 3.63) is 35.4 Å². The van der Waals surface area contributed by atoms with Crippen molar-refractivity contribution < 1.29 is 22.7 Å². The Balaban J connectivity index is 2.70. The average Bonchev–Trinajstić information content (AvgIpc) is 2.35. The van der Waals surface area contributed by atoms with Crippen LogP contribution in [0.25, 0.3) is 0 Å². The van der Waals surface area contributed by atoms with Gasteiger partial charge in [0, 0.05) is 13.0 Å². The molecule has 0 saturated carbocycles. The number of carbonyl (C=O) groups excluding carboxylic acids is 1. The number of ketones is 1. The summed E-state index contributed by atoms with van der Waals surface area (Å²) >= 11 is 0. The maximum Gasteiger partial charge on any atom is 0.416 e. The molecule has 1 unspecified atom stereocenters. The second kappa shape index (κ2) is 6.70. The Morgan fingerprint density at radius 1 is 1.21 bits per heavy atom. The molecule has 1 aromatic rings. The summed E-state index contributed by atoms with van der Waals surface area (Å²) in [6.07, 6.45) is -4.17. The van der Waals surface area contributed by atoms with E-state index in [1.54, 1.807) is 6.92 Å². The van der Waals surface area contributed by atoms with Gasteiger partial charge in [-0.25, -0.2) is 0 Å². The van der Waals surface area contributed by atoms with Crippen LogP contribution in [0.3, 0.4) is 0 Å². The van der Waals surface area contributed by atoms with Gasteiger partial charge in [-0.05, 0) is 31.0 Å². The highest BCUT2D eigenvalue weighted by molar-refractivity contribution is 5.85.